The summed E-state index contributed by atoms with van der Waals surface area (Å²) in [5.74, 6) is 0.897. The van der Waals surface area contributed by atoms with E-state index >= 15 is 0 Å². The van der Waals surface area contributed by atoms with Gasteiger partial charge in [0.05, 0.1) is 18.1 Å². The molecule has 0 unspecified atom stereocenters. The number of pyridine rings is 1. The van der Waals surface area contributed by atoms with Crippen LogP contribution in [-0.2, 0) is 6.42 Å². The minimum atomic E-state index is 0.655. The summed E-state index contributed by atoms with van der Waals surface area (Å²) in [5.41, 5.74) is 8.73. The Morgan fingerprint density at radius 1 is 0.968 bits per heavy atom. The molecule has 0 saturated heterocycles. The Balaban J connectivity index is 1.70. The first-order chi connectivity index (χ1) is 15.2. The average molecular weight is 408 g/mol. The Hall–Kier alpha value is -3.59. The van der Waals surface area contributed by atoms with E-state index < -0.39 is 0 Å². The second-order valence-electron chi connectivity index (χ2n) is 8.02. The first-order valence-corrected chi connectivity index (χ1v) is 10.9. The standard InChI is InChI=1S/C28H27N2O/c1-4-31-25-14-15-26-22(18-24-17-21-10-8-9-13-27(21)29(24)3)16-20(2)30(28(26)19-25)23-11-6-5-7-12-23/h5-16,18-19H,4,17H2,1-3H3/q+1. The molecule has 0 bridgehead atoms. The van der Waals surface area contributed by atoms with Crippen LogP contribution in [0.15, 0.2) is 84.6 Å². The molecule has 0 radical (unpaired) electrons. The largest absolute Gasteiger partial charge is 0.494 e. The van der Waals surface area contributed by atoms with Crippen molar-refractivity contribution in [2.75, 3.05) is 18.6 Å². The van der Waals surface area contributed by atoms with Gasteiger partial charge in [-0.2, -0.15) is 4.57 Å². The van der Waals surface area contributed by atoms with Gasteiger partial charge in [0.2, 0.25) is 11.2 Å². The lowest BCUT2D eigenvalue weighted by molar-refractivity contribution is -0.574. The van der Waals surface area contributed by atoms with E-state index in [9.17, 15) is 0 Å². The van der Waals surface area contributed by atoms with Gasteiger partial charge < -0.3 is 9.64 Å². The number of nitrogens with zero attached hydrogens (tertiary/aromatic N) is 2. The topological polar surface area (TPSA) is 16.4 Å². The molecule has 0 fully saturated rings. The summed E-state index contributed by atoms with van der Waals surface area (Å²) in [5, 5.41) is 1.22. The molecule has 3 nitrogen and oxygen atoms in total. The second kappa shape index (κ2) is 7.92. The molecule has 154 valence electrons. The molecule has 3 heteroatoms. The lowest BCUT2D eigenvalue weighted by Gasteiger charge is -2.15. The van der Waals surface area contributed by atoms with Crippen LogP contribution in [0.3, 0.4) is 0 Å². The van der Waals surface area contributed by atoms with Crippen LogP contribution in [0.25, 0.3) is 22.7 Å². The van der Waals surface area contributed by atoms with E-state index in [0.717, 1.165) is 23.4 Å². The fourth-order valence-electron chi connectivity index (χ4n) is 4.58. The van der Waals surface area contributed by atoms with E-state index in [-0.39, 0.29) is 0 Å². The number of anilines is 1. The molecule has 4 aromatic rings. The number of hydrogen-bond donors (Lipinski definition) is 0. The maximum Gasteiger partial charge on any atom is 0.222 e. The summed E-state index contributed by atoms with van der Waals surface area (Å²) >= 11 is 0. The molecule has 5 rings (SSSR count). The van der Waals surface area contributed by atoms with Gasteiger partial charge in [-0.1, -0.05) is 36.4 Å². The van der Waals surface area contributed by atoms with Gasteiger partial charge >= 0.3 is 0 Å². The van der Waals surface area contributed by atoms with Crippen molar-refractivity contribution in [2.24, 2.45) is 0 Å². The van der Waals surface area contributed by atoms with Crippen LogP contribution in [0.1, 0.15) is 23.7 Å². The monoisotopic (exact) mass is 407 g/mol. The highest BCUT2D eigenvalue weighted by Crippen LogP contribution is 2.35. The number of rotatable bonds is 4. The molecule has 3 aromatic carbocycles. The summed E-state index contributed by atoms with van der Waals surface area (Å²) in [4.78, 5) is 2.31. The number of aryl methyl sites for hydroxylation is 1. The van der Waals surface area contributed by atoms with E-state index in [4.69, 9.17) is 4.74 Å². The molecule has 0 spiro atoms. The molecule has 1 aliphatic rings. The third-order valence-electron chi connectivity index (χ3n) is 6.04. The van der Waals surface area contributed by atoms with E-state index in [1.165, 1.54) is 33.6 Å². The van der Waals surface area contributed by atoms with Crippen LogP contribution >= 0.6 is 0 Å². The van der Waals surface area contributed by atoms with Crippen molar-refractivity contribution in [3.05, 3.63) is 101 Å². The molecule has 1 aromatic heterocycles. The summed E-state index contributed by atoms with van der Waals surface area (Å²) in [6, 6.07) is 27.9. The zero-order valence-electron chi connectivity index (χ0n) is 18.3. The highest BCUT2D eigenvalue weighted by atomic mass is 16.5. The minimum absolute atomic E-state index is 0.655. The van der Waals surface area contributed by atoms with E-state index in [1.54, 1.807) is 0 Å². The first-order valence-electron chi connectivity index (χ1n) is 10.9. The maximum absolute atomic E-state index is 5.84. The van der Waals surface area contributed by atoms with Gasteiger partial charge in [-0.25, -0.2) is 0 Å². The van der Waals surface area contributed by atoms with Gasteiger partial charge in [0.1, 0.15) is 5.75 Å². The van der Waals surface area contributed by atoms with Crippen molar-refractivity contribution in [3.8, 4) is 11.4 Å². The van der Waals surface area contributed by atoms with Crippen LogP contribution in [0, 0.1) is 6.92 Å². The first kappa shape index (κ1) is 19.4. The number of ether oxygens (including phenoxy) is 1. The highest BCUT2D eigenvalue weighted by Gasteiger charge is 2.23. The van der Waals surface area contributed by atoms with E-state index in [2.05, 4.69) is 108 Å². The minimum Gasteiger partial charge on any atom is -0.494 e. The molecule has 0 N–H and O–H groups in total. The third-order valence-corrected chi connectivity index (χ3v) is 6.04. The average Bonchev–Trinajstić information content (AvgIpc) is 3.10. The van der Waals surface area contributed by atoms with Crippen molar-refractivity contribution >= 4 is 22.7 Å². The number of fused-ring (bicyclic) bond motifs is 2. The third kappa shape index (κ3) is 3.46. The molecule has 1 aliphatic heterocycles. The molecular weight excluding hydrogens is 380 g/mol. The van der Waals surface area contributed by atoms with Gasteiger partial charge in [-0.15, -0.1) is 0 Å². The summed E-state index contributed by atoms with van der Waals surface area (Å²) < 4.78 is 8.15. The normalized spacial score (nSPS) is 14.3. The highest BCUT2D eigenvalue weighted by molar-refractivity contribution is 5.88. The number of benzene rings is 3. The van der Waals surface area contributed by atoms with Crippen molar-refractivity contribution in [2.45, 2.75) is 20.3 Å². The summed E-state index contributed by atoms with van der Waals surface area (Å²) in [6.07, 6.45) is 3.29. The Labute approximate surface area is 183 Å². The zero-order chi connectivity index (χ0) is 21.4. The molecule has 2 heterocycles. The van der Waals surface area contributed by atoms with Gasteiger partial charge in [0.15, 0.2) is 5.69 Å². The van der Waals surface area contributed by atoms with Crippen molar-refractivity contribution < 1.29 is 9.30 Å². The molecular formula is C28H27N2O+. The zero-order valence-corrected chi connectivity index (χ0v) is 18.3. The Kier molecular flexibility index (Phi) is 4.95. The maximum atomic E-state index is 5.84. The molecule has 0 atom stereocenters. The van der Waals surface area contributed by atoms with Crippen molar-refractivity contribution in [1.82, 2.24) is 0 Å². The van der Waals surface area contributed by atoms with Gasteiger partial charge in [0, 0.05) is 50.0 Å². The van der Waals surface area contributed by atoms with Crippen molar-refractivity contribution in [1.29, 1.82) is 0 Å². The summed E-state index contributed by atoms with van der Waals surface area (Å²) in [6.45, 7) is 4.85. The fourth-order valence-corrected chi connectivity index (χ4v) is 4.58. The predicted molar refractivity (Wildman–Crippen MR) is 128 cm³/mol. The van der Waals surface area contributed by atoms with Crippen LogP contribution in [0.2, 0.25) is 0 Å². The number of hydrogen-bond acceptors (Lipinski definition) is 2. The predicted octanol–water partition coefficient (Wildman–Crippen LogP) is 5.86. The smallest absolute Gasteiger partial charge is 0.222 e. The number of allylic oxidation sites excluding steroid dienone is 1. The SMILES string of the molecule is CCOc1ccc2c(C=C3Cc4ccccc4N3C)cc(C)[n+](-c3ccccc3)c2c1. The Bertz CT molecular complexity index is 1290. The molecule has 0 amide bonds. The lowest BCUT2D eigenvalue weighted by Crippen LogP contribution is -2.35. The van der Waals surface area contributed by atoms with Crippen LogP contribution in [0.5, 0.6) is 5.75 Å². The molecule has 0 aliphatic carbocycles. The molecule has 31 heavy (non-hydrogen) atoms. The number of aromatic nitrogens is 1. The van der Waals surface area contributed by atoms with Crippen LogP contribution in [-0.4, -0.2) is 13.7 Å². The summed E-state index contributed by atoms with van der Waals surface area (Å²) in [7, 11) is 2.16. The fraction of sp³-hybridized carbons (Fsp3) is 0.179. The van der Waals surface area contributed by atoms with Crippen LogP contribution in [0.4, 0.5) is 5.69 Å². The van der Waals surface area contributed by atoms with Gasteiger partial charge in [0.25, 0.3) is 0 Å². The van der Waals surface area contributed by atoms with Gasteiger partial charge in [-0.05, 0) is 42.3 Å². The second-order valence-corrected chi connectivity index (χ2v) is 8.02. The van der Waals surface area contributed by atoms with Crippen LogP contribution < -0.4 is 14.2 Å². The Morgan fingerprint density at radius 3 is 2.52 bits per heavy atom. The van der Waals surface area contributed by atoms with E-state index in [1.807, 2.05) is 6.92 Å². The Morgan fingerprint density at radius 2 is 1.74 bits per heavy atom. The molecule has 0 saturated carbocycles. The van der Waals surface area contributed by atoms with Gasteiger partial charge in [-0.3, -0.25) is 0 Å². The number of likely N-dealkylation sites (N-methyl/N-ethyl adjacent to an activating group) is 1. The number of para-hydroxylation sites is 2. The quantitative estimate of drug-likeness (QED) is 0.394. The van der Waals surface area contributed by atoms with Crippen molar-refractivity contribution in [3.63, 3.8) is 0 Å². The lowest BCUT2D eigenvalue weighted by atomic mass is 10.0. The van der Waals surface area contributed by atoms with E-state index in [0.29, 0.717) is 6.61 Å².